The number of nitrogens with zero attached hydrogens (tertiary/aromatic N) is 3. The molecule has 0 saturated carbocycles. The first-order chi connectivity index (χ1) is 6.26. The highest BCUT2D eigenvalue weighted by molar-refractivity contribution is 9.09. The summed E-state index contributed by atoms with van der Waals surface area (Å²) >= 11 is 3.53. The smallest absolute Gasteiger partial charge is 0.0830 e. The second-order valence-corrected chi connectivity index (χ2v) is 4.04. The van der Waals surface area contributed by atoms with Gasteiger partial charge in [0.2, 0.25) is 0 Å². The zero-order valence-corrected chi connectivity index (χ0v) is 9.79. The molecule has 0 N–H and O–H groups in total. The van der Waals surface area contributed by atoms with E-state index >= 15 is 0 Å². The highest BCUT2D eigenvalue weighted by atomic mass is 79.9. The van der Waals surface area contributed by atoms with E-state index in [1.165, 1.54) is 12.8 Å². The Bertz CT molecular complexity index is 247. The monoisotopic (exact) mass is 245 g/mol. The normalized spacial score (nSPS) is 13.2. The Morgan fingerprint density at radius 3 is 2.85 bits per heavy atom. The molecule has 0 bridgehead atoms. The molecule has 13 heavy (non-hydrogen) atoms. The molecule has 0 amide bonds. The van der Waals surface area contributed by atoms with E-state index in [4.69, 9.17) is 0 Å². The van der Waals surface area contributed by atoms with E-state index in [0.717, 1.165) is 17.4 Å². The Balaban J connectivity index is 2.46. The van der Waals surface area contributed by atoms with Crippen molar-refractivity contribution in [3.8, 4) is 0 Å². The minimum absolute atomic E-state index is 0.696. The van der Waals surface area contributed by atoms with Crippen LogP contribution in [-0.4, -0.2) is 20.3 Å². The van der Waals surface area contributed by atoms with Gasteiger partial charge in [0.25, 0.3) is 0 Å². The Morgan fingerprint density at radius 1 is 1.62 bits per heavy atom. The van der Waals surface area contributed by atoms with Crippen LogP contribution in [0.3, 0.4) is 0 Å². The molecule has 1 rings (SSSR count). The van der Waals surface area contributed by atoms with Crippen molar-refractivity contribution in [1.29, 1.82) is 0 Å². The van der Waals surface area contributed by atoms with Crippen molar-refractivity contribution in [3.05, 3.63) is 11.9 Å². The van der Waals surface area contributed by atoms with Gasteiger partial charge in [-0.05, 0) is 18.8 Å². The van der Waals surface area contributed by atoms with Crippen LogP contribution in [-0.2, 0) is 13.5 Å². The molecule has 1 atom stereocenters. The lowest BCUT2D eigenvalue weighted by Gasteiger charge is -2.09. The lowest BCUT2D eigenvalue weighted by molar-refractivity contribution is 0.527. The third kappa shape index (κ3) is 3.46. The summed E-state index contributed by atoms with van der Waals surface area (Å²) < 4.78 is 1.76. The largest absolute Gasteiger partial charge is 0.255 e. The van der Waals surface area contributed by atoms with Crippen LogP contribution in [0.15, 0.2) is 6.20 Å². The highest BCUT2D eigenvalue weighted by Gasteiger charge is 2.09. The van der Waals surface area contributed by atoms with Crippen LogP contribution < -0.4 is 0 Å². The van der Waals surface area contributed by atoms with Crippen LogP contribution in [0.1, 0.15) is 25.5 Å². The van der Waals surface area contributed by atoms with Crippen LogP contribution in [0.5, 0.6) is 0 Å². The summed E-state index contributed by atoms with van der Waals surface area (Å²) in [5, 5.41) is 9.05. The van der Waals surface area contributed by atoms with Gasteiger partial charge >= 0.3 is 0 Å². The molecule has 3 nitrogen and oxygen atoms in total. The summed E-state index contributed by atoms with van der Waals surface area (Å²) in [7, 11) is 1.90. The van der Waals surface area contributed by atoms with Gasteiger partial charge in [0.1, 0.15) is 0 Å². The van der Waals surface area contributed by atoms with Gasteiger partial charge in [0, 0.05) is 18.6 Å². The lowest BCUT2D eigenvalue weighted by atomic mass is 10.0. The third-order valence-electron chi connectivity index (χ3n) is 2.06. The minimum atomic E-state index is 0.696. The topological polar surface area (TPSA) is 30.7 Å². The molecular weight excluding hydrogens is 230 g/mol. The van der Waals surface area contributed by atoms with Crippen molar-refractivity contribution >= 4 is 15.9 Å². The van der Waals surface area contributed by atoms with E-state index < -0.39 is 0 Å². The molecule has 0 fully saturated rings. The molecule has 0 saturated heterocycles. The maximum absolute atomic E-state index is 4.08. The number of hydrogen-bond donors (Lipinski definition) is 0. The quantitative estimate of drug-likeness (QED) is 0.745. The Morgan fingerprint density at radius 2 is 2.38 bits per heavy atom. The maximum Gasteiger partial charge on any atom is 0.0830 e. The molecule has 4 heteroatoms. The molecule has 74 valence electrons. The van der Waals surface area contributed by atoms with Gasteiger partial charge in [-0.1, -0.05) is 34.5 Å². The van der Waals surface area contributed by atoms with Crippen molar-refractivity contribution in [2.24, 2.45) is 13.0 Å². The van der Waals surface area contributed by atoms with E-state index in [0.29, 0.717) is 5.92 Å². The Hall–Kier alpha value is -0.380. The van der Waals surface area contributed by atoms with E-state index in [9.17, 15) is 0 Å². The fourth-order valence-corrected chi connectivity index (χ4v) is 1.98. The zero-order valence-electron chi connectivity index (χ0n) is 8.20. The molecule has 1 unspecified atom stereocenters. The summed E-state index contributed by atoms with van der Waals surface area (Å²) in [4.78, 5) is 0. The van der Waals surface area contributed by atoms with Gasteiger partial charge in [0.15, 0.2) is 0 Å². The van der Waals surface area contributed by atoms with Gasteiger partial charge in [0.05, 0.1) is 5.69 Å². The second kappa shape index (κ2) is 5.37. The van der Waals surface area contributed by atoms with Gasteiger partial charge in [-0.15, -0.1) is 5.10 Å². The van der Waals surface area contributed by atoms with Crippen molar-refractivity contribution in [2.75, 3.05) is 5.33 Å². The molecule has 0 radical (unpaired) electrons. The highest BCUT2D eigenvalue weighted by Crippen LogP contribution is 2.14. The summed E-state index contributed by atoms with van der Waals surface area (Å²) in [6, 6.07) is 0. The summed E-state index contributed by atoms with van der Waals surface area (Å²) in [6.45, 7) is 2.21. The van der Waals surface area contributed by atoms with Crippen LogP contribution in [0.4, 0.5) is 0 Å². The lowest BCUT2D eigenvalue weighted by Crippen LogP contribution is -2.06. The number of hydrogen-bond acceptors (Lipinski definition) is 2. The Kier molecular flexibility index (Phi) is 4.42. The predicted molar refractivity (Wildman–Crippen MR) is 56.9 cm³/mol. The number of aryl methyl sites for hydroxylation is 1. The molecule has 0 aliphatic rings. The van der Waals surface area contributed by atoms with Crippen LogP contribution in [0.25, 0.3) is 0 Å². The van der Waals surface area contributed by atoms with Crippen molar-refractivity contribution in [3.63, 3.8) is 0 Å². The molecule has 0 spiro atoms. The van der Waals surface area contributed by atoms with Crippen LogP contribution in [0.2, 0.25) is 0 Å². The first-order valence-corrected chi connectivity index (χ1v) is 5.79. The zero-order chi connectivity index (χ0) is 9.68. The summed E-state index contributed by atoms with van der Waals surface area (Å²) in [5.41, 5.74) is 1.10. The summed E-state index contributed by atoms with van der Waals surface area (Å²) in [6.07, 6.45) is 5.51. The second-order valence-electron chi connectivity index (χ2n) is 3.40. The molecule has 0 aliphatic heterocycles. The first-order valence-electron chi connectivity index (χ1n) is 4.67. The first kappa shape index (κ1) is 10.7. The molecule has 0 aromatic carbocycles. The van der Waals surface area contributed by atoms with Crippen molar-refractivity contribution in [1.82, 2.24) is 15.0 Å². The van der Waals surface area contributed by atoms with E-state index in [-0.39, 0.29) is 0 Å². The molecule has 1 aromatic rings. The van der Waals surface area contributed by atoms with Crippen molar-refractivity contribution < 1.29 is 0 Å². The predicted octanol–water partition coefficient (Wildman–Crippen LogP) is 2.17. The van der Waals surface area contributed by atoms with E-state index in [1.54, 1.807) is 4.68 Å². The minimum Gasteiger partial charge on any atom is -0.255 e. The van der Waals surface area contributed by atoms with Gasteiger partial charge < -0.3 is 0 Å². The fraction of sp³-hybridized carbons (Fsp3) is 0.778. The molecule has 1 heterocycles. The van der Waals surface area contributed by atoms with Crippen molar-refractivity contribution in [2.45, 2.75) is 26.2 Å². The number of aromatic nitrogens is 3. The summed E-state index contributed by atoms with van der Waals surface area (Å²) in [5.74, 6) is 0.696. The van der Waals surface area contributed by atoms with Gasteiger partial charge in [-0.25, -0.2) is 0 Å². The standard InChI is InChI=1S/C9H16BrN3/c1-3-4-8(6-10)5-9-7-13(2)12-11-9/h7-8H,3-6H2,1-2H3. The number of halogens is 1. The molecule has 1 aromatic heterocycles. The average Bonchev–Trinajstić information content (AvgIpc) is 2.50. The maximum atomic E-state index is 4.08. The average molecular weight is 246 g/mol. The van der Waals surface area contributed by atoms with Gasteiger partial charge in [-0.2, -0.15) is 0 Å². The van der Waals surface area contributed by atoms with Crippen LogP contribution in [0, 0.1) is 5.92 Å². The van der Waals surface area contributed by atoms with Gasteiger partial charge in [-0.3, -0.25) is 4.68 Å². The third-order valence-corrected chi connectivity index (χ3v) is 2.98. The van der Waals surface area contributed by atoms with E-state index in [2.05, 4.69) is 33.2 Å². The number of rotatable bonds is 5. The molecule has 0 aliphatic carbocycles. The fourth-order valence-electron chi connectivity index (χ4n) is 1.43. The van der Waals surface area contributed by atoms with E-state index in [1.807, 2.05) is 13.2 Å². The Labute approximate surface area is 87.6 Å². The number of alkyl halides is 1. The molecular formula is C9H16BrN3. The SMILES string of the molecule is CCCC(CBr)Cc1cn(C)nn1. The van der Waals surface area contributed by atoms with Crippen LogP contribution >= 0.6 is 15.9 Å².